The van der Waals surface area contributed by atoms with Gasteiger partial charge in [0.1, 0.15) is 0 Å². The fourth-order valence-electron chi connectivity index (χ4n) is 1.65. The summed E-state index contributed by atoms with van der Waals surface area (Å²) in [5, 5.41) is 18.4. The molecule has 0 radical (unpaired) electrons. The fraction of sp³-hybridized carbons (Fsp3) is 0.462. The molecule has 16 heavy (non-hydrogen) atoms. The van der Waals surface area contributed by atoms with E-state index in [4.69, 9.17) is 5.11 Å². The van der Waals surface area contributed by atoms with Crippen LogP contribution in [-0.4, -0.2) is 16.2 Å². The molecule has 0 amide bonds. The summed E-state index contributed by atoms with van der Waals surface area (Å²) >= 11 is 0. The van der Waals surface area contributed by atoms with Crippen LogP contribution in [0.2, 0.25) is 0 Å². The second-order valence-electron chi connectivity index (χ2n) is 3.94. The van der Waals surface area contributed by atoms with Crippen molar-refractivity contribution in [1.82, 2.24) is 0 Å². The number of rotatable bonds is 6. The third kappa shape index (κ3) is 4.03. The van der Waals surface area contributed by atoms with E-state index in [0.29, 0.717) is 6.42 Å². The molecule has 1 rings (SSSR count). The van der Waals surface area contributed by atoms with Gasteiger partial charge in [-0.3, -0.25) is 4.79 Å². The molecule has 1 aromatic carbocycles. The van der Waals surface area contributed by atoms with Crippen LogP contribution in [-0.2, 0) is 11.2 Å². The molecule has 0 fully saturated rings. The van der Waals surface area contributed by atoms with Gasteiger partial charge in [0, 0.05) is 6.42 Å². The molecule has 0 aromatic heterocycles. The van der Waals surface area contributed by atoms with Crippen LogP contribution in [0.3, 0.4) is 0 Å². The molecular formula is C13H18O3. The molecule has 1 atom stereocenters. The minimum Gasteiger partial charge on any atom is -0.481 e. The molecule has 3 heteroatoms. The van der Waals surface area contributed by atoms with Crippen molar-refractivity contribution in [1.29, 1.82) is 0 Å². The highest BCUT2D eigenvalue weighted by Crippen LogP contribution is 2.19. The van der Waals surface area contributed by atoms with E-state index in [1.807, 2.05) is 31.2 Å². The van der Waals surface area contributed by atoms with Gasteiger partial charge in [0.2, 0.25) is 0 Å². The first-order valence-electron chi connectivity index (χ1n) is 5.62. The molecule has 0 bridgehead atoms. The molecule has 0 aliphatic carbocycles. The first-order chi connectivity index (χ1) is 7.63. The quantitative estimate of drug-likeness (QED) is 0.777. The Morgan fingerprint density at radius 2 is 2.19 bits per heavy atom. The van der Waals surface area contributed by atoms with Gasteiger partial charge in [0.25, 0.3) is 0 Å². The molecule has 3 nitrogen and oxygen atoms in total. The van der Waals surface area contributed by atoms with Crippen molar-refractivity contribution >= 4 is 5.97 Å². The van der Waals surface area contributed by atoms with E-state index in [2.05, 4.69) is 0 Å². The van der Waals surface area contributed by atoms with E-state index >= 15 is 0 Å². The second kappa shape index (κ2) is 6.28. The van der Waals surface area contributed by atoms with Gasteiger partial charge in [-0.25, -0.2) is 0 Å². The number of aliphatic carboxylic acids is 1. The van der Waals surface area contributed by atoms with Crippen LogP contribution >= 0.6 is 0 Å². The standard InChI is InChI=1S/C13H18O3/c1-2-4-12(14)11-6-3-5-10(9-11)7-8-13(15)16/h3,5-6,9,12,14H,2,4,7-8H2,1H3,(H,15,16). The largest absolute Gasteiger partial charge is 0.481 e. The summed E-state index contributed by atoms with van der Waals surface area (Å²) < 4.78 is 0. The van der Waals surface area contributed by atoms with Crippen LogP contribution in [0.5, 0.6) is 0 Å². The molecule has 0 spiro atoms. The topological polar surface area (TPSA) is 57.5 Å². The number of hydrogen-bond acceptors (Lipinski definition) is 2. The highest BCUT2D eigenvalue weighted by Gasteiger charge is 2.07. The summed E-state index contributed by atoms with van der Waals surface area (Å²) in [6, 6.07) is 7.53. The SMILES string of the molecule is CCCC(O)c1cccc(CCC(=O)O)c1. The van der Waals surface area contributed by atoms with Crippen LogP contribution in [0, 0.1) is 0 Å². The number of carboxylic acids is 1. The normalized spacial score (nSPS) is 12.4. The Kier molecular flexibility index (Phi) is 4.99. The number of aliphatic hydroxyl groups excluding tert-OH is 1. The van der Waals surface area contributed by atoms with Crippen molar-refractivity contribution < 1.29 is 15.0 Å². The van der Waals surface area contributed by atoms with Crippen molar-refractivity contribution in [3.8, 4) is 0 Å². The van der Waals surface area contributed by atoms with E-state index in [9.17, 15) is 9.90 Å². The molecule has 2 N–H and O–H groups in total. The average Bonchev–Trinajstić information content (AvgIpc) is 2.27. The third-order valence-electron chi connectivity index (χ3n) is 2.53. The van der Waals surface area contributed by atoms with E-state index < -0.39 is 12.1 Å². The summed E-state index contributed by atoms with van der Waals surface area (Å²) in [6.07, 6.45) is 1.88. The van der Waals surface area contributed by atoms with E-state index in [0.717, 1.165) is 24.0 Å². The smallest absolute Gasteiger partial charge is 0.303 e. The monoisotopic (exact) mass is 222 g/mol. The predicted molar refractivity (Wildman–Crippen MR) is 62.3 cm³/mol. The lowest BCUT2D eigenvalue weighted by Crippen LogP contribution is -2.00. The van der Waals surface area contributed by atoms with Crippen LogP contribution in [0.25, 0.3) is 0 Å². The van der Waals surface area contributed by atoms with Gasteiger partial charge in [-0.2, -0.15) is 0 Å². The molecule has 88 valence electrons. The Morgan fingerprint density at radius 3 is 2.81 bits per heavy atom. The van der Waals surface area contributed by atoms with E-state index in [-0.39, 0.29) is 6.42 Å². The van der Waals surface area contributed by atoms with Gasteiger partial charge in [0.15, 0.2) is 0 Å². The Bertz CT molecular complexity index is 347. The van der Waals surface area contributed by atoms with Gasteiger partial charge < -0.3 is 10.2 Å². The lowest BCUT2D eigenvalue weighted by Gasteiger charge is -2.10. The zero-order valence-electron chi connectivity index (χ0n) is 9.52. The lowest BCUT2D eigenvalue weighted by atomic mass is 10.0. The fourth-order valence-corrected chi connectivity index (χ4v) is 1.65. The number of benzene rings is 1. The predicted octanol–water partition coefficient (Wildman–Crippen LogP) is 2.54. The third-order valence-corrected chi connectivity index (χ3v) is 2.53. The van der Waals surface area contributed by atoms with Crippen molar-refractivity contribution in [2.24, 2.45) is 0 Å². The Balaban J connectivity index is 2.66. The van der Waals surface area contributed by atoms with Crippen molar-refractivity contribution in [3.05, 3.63) is 35.4 Å². The van der Waals surface area contributed by atoms with Gasteiger partial charge in [-0.1, -0.05) is 37.6 Å². The Labute approximate surface area is 95.7 Å². The zero-order valence-corrected chi connectivity index (χ0v) is 9.52. The maximum absolute atomic E-state index is 10.4. The average molecular weight is 222 g/mol. The molecule has 1 aromatic rings. The molecule has 0 saturated carbocycles. The number of aryl methyl sites for hydroxylation is 1. The number of aliphatic hydroxyl groups is 1. The van der Waals surface area contributed by atoms with Crippen LogP contribution < -0.4 is 0 Å². The number of hydrogen-bond donors (Lipinski definition) is 2. The van der Waals surface area contributed by atoms with Crippen molar-refractivity contribution in [2.75, 3.05) is 0 Å². The van der Waals surface area contributed by atoms with Crippen LogP contribution in [0.15, 0.2) is 24.3 Å². The van der Waals surface area contributed by atoms with Gasteiger partial charge in [0.05, 0.1) is 6.10 Å². The molecular weight excluding hydrogens is 204 g/mol. The Morgan fingerprint density at radius 1 is 1.44 bits per heavy atom. The summed E-state index contributed by atoms with van der Waals surface area (Å²) in [5.41, 5.74) is 1.85. The van der Waals surface area contributed by atoms with Gasteiger partial charge in [-0.05, 0) is 24.0 Å². The molecule has 1 unspecified atom stereocenters. The molecule has 0 aliphatic heterocycles. The Hall–Kier alpha value is -1.35. The molecule has 0 heterocycles. The highest BCUT2D eigenvalue weighted by molar-refractivity contribution is 5.67. The van der Waals surface area contributed by atoms with Crippen LogP contribution in [0.4, 0.5) is 0 Å². The maximum Gasteiger partial charge on any atom is 0.303 e. The van der Waals surface area contributed by atoms with E-state index in [1.165, 1.54) is 0 Å². The summed E-state index contributed by atoms with van der Waals surface area (Å²) in [6.45, 7) is 2.03. The lowest BCUT2D eigenvalue weighted by molar-refractivity contribution is -0.136. The maximum atomic E-state index is 10.4. The first-order valence-corrected chi connectivity index (χ1v) is 5.62. The number of carbonyl (C=O) groups is 1. The minimum absolute atomic E-state index is 0.132. The molecule has 0 saturated heterocycles. The second-order valence-corrected chi connectivity index (χ2v) is 3.94. The minimum atomic E-state index is -0.792. The van der Waals surface area contributed by atoms with Gasteiger partial charge in [-0.15, -0.1) is 0 Å². The van der Waals surface area contributed by atoms with Crippen molar-refractivity contribution in [3.63, 3.8) is 0 Å². The number of carboxylic acid groups (broad SMARTS) is 1. The summed E-state index contributed by atoms with van der Waals surface area (Å²) in [5.74, 6) is -0.792. The zero-order chi connectivity index (χ0) is 12.0. The highest BCUT2D eigenvalue weighted by atomic mass is 16.4. The summed E-state index contributed by atoms with van der Waals surface area (Å²) in [7, 11) is 0. The van der Waals surface area contributed by atoms with Gasteiger partial charge >= 0.3 is 5.97 Å². The first kappa shape index (κ1) is 12.7. The van der Waals surface area contributed by atoms with Crippen molar-refractivity contribution in [2.45, 2.75) is 38.7 Å². The summed E-state index contributed by atoms with van der Waals surface area (Å²) in [4.78, 5) is 10.4. The molecule has 0 aliphatic rings. The van der Waals surface area contributed by atoms with E-state index in [1.54, 1.807) is 0 Å². The van der Waals surface area contributed by atoms with Crippen LogP contribution in [0.1, 0.15) is 43.4 Å².